The maximum atomic E-state index is 13.5. The van der Waals surface area contributed by atoms with Gasteiger partial charge >= 0.3 is 17.9 Å². The molecule has 1 aromatic carbocycles. The van der Waals surface area contributed by atoms with Gasteiger partial charge in [-0.15, -0.1) is 0 Å². The van der Waals surface area contributed by atoms with Gasteiger partial charge in [0, 0.05) is 26.3 Å². The largest absolute Gasteiger partial charge is 0.507 e. The van der Waals surface area contributed by atoms with E-state index in [0.717, 1.165) is 44.6 Å². The number of carbonyl (C=O) groups excluding carboxylic acids is 5. The number of Topliss-reactive ketones (excluding diaryl/α,β-unsaturated/α-hetero) is 1. The number of ether oxygens (including phenoxy) is 5. The number of rotatable bonds is 8. The Kier molecular flexibility index (Phi) is 9.48. The van der Waals surface area contributed by atoms with Gasteiger partial charge in [-0.1, -0.05) is 11.6 Å². The summed E-state index contributed by atoms with van der Waals surface area (Å²) < 4.78 is 28.2. The van der Waals surface area contributed by atoms with Crippen LogP contribution in [0.4, 0.5) is 0 Å². The highest BCUT2D eigenvalue weighted by Gasteiger charge is 2.52. The second-order valence-electron chi connectivity index (χ2n) is 9.72. The van der Waals surface area contributed by atoms with Gasteiger partial charge in [-0.25, -0.2) is 0 Å². The molecule has 40 heavy (non-hydrogen) atoms. The van der Waals surface area contributed by atoms with Crippen molar-refractivity contribution in [2.24, 2.45) is 0 Å². The molecule has 6 atom stereocenters. The van der Waals surface area contributed by atoms with Crippen LogP contribution in [0, 0.1) is 0 Å². The molecule has 0 bridgehead atoms. The van der Waals surface area contributed by atoms with Gasteiger partial charge in [0.05, 0.1) is 23.3 Å². The lowest BCUT2D eigenvalue weighted by Gasteiger charge is -2.44. The fourth-order valence-corrected chi connectivity index (χ4v) is 4.56. The summed E-state index contributed by atoms with van der Waals surface area (Å²) in [6.45, 7) is 8.53. The summed E-state index contributed by atoms with van der Waals surface area (Å²) >= 11 is 0. The Bertz CT molecular complexity index is 1270. The van der Waals surface area contributed by atoms with Crippen LogP contribution in [-0.2, 0) is 38.1 Å². The SMILES string of the molecule is CC(=O)O[C@@H]1[C@@H](OC(C)=O)[C@H](C)O[C@H](O[C@H](CC=C(C)C)C2=CC(=O)c3c(O)ccc(O)c3C2=O)[C@@H]1OC(C)=O. The third-order valence-corrected chi connectivity index (χ3v) is 6.20. The molecule has 12 heteroatoms. The van der Waals surface area contributed by atoms with Crippen molar-refractivity contribution in [3.05, 3.63) is 46.6 Å². The predicted molar refractivity (Wildman–Crippen MR) is 136 cm³/mol. The predicted octanol–water partition coefficient (Wildman–Crippen LogP) is 2.68. The molecule has 0 saturated carbocycles. The molecule has 0 aromatic heterocycles. The molecule has 1 aliphatic carbocycles. The lowest BCUT2D eigenvalue weighted by molar-refractivity contribution is -0.306. The molecule has 0 unspecified atom stereocenters. The summed E-state index contributed by atoms with van der Waals surface area (Å²) in [5.41, 5.74) is -0.0172. The highest BCUT2D eigenvalue weighted by atomic mass is 16.7. The molecule has 2 aliphatic rings. The number of hydrogen-bond donors (Lipinski definition) is 2. The molecule has 12 nitrogen and oxygen atoms in total. The van der Waals surface area contributed by atoms with Crippen LogP contribution in [-0.4, -0.2) is 76.5 Å². The second-order valence-corrected chi connectivity index (χ2v) is 9.72. The van der Waals surface area contributed by atoms with Crippen molar-refractivity contribution in [1.29, 1.82) is 0 Å². The first-order valence-electron chi connectivity index (χ1n) is 12.5. The Morgan fingerprint density at radius 2 is 1.40 bits per heavy atom. The van der Waals surface area contributed by atoms with E-state index in [4.69, 9.17) is 23.7 Å². The van der Waals surface area contributed by atoms with E-state index in [0.29, 0.717) is 0 Å². The molecular weight excluding hydrogens is 528 g/mol. The van der Waals surface area contributed by atoms with Gasteiger partial charge in [0.2, 0.25) is 0 Å². The smallest absolute Gasteiger partial charge is 0.303 e. The molecule has 0 radical (unpaired) electrons. The van der Waals surface area contributed by atoms with Crippen molar-refractivity contribution in [2.45, 2.75) is 84.8 Å². The number of benzene rings is 1. The van der Waals surface area contributed by atoms with E-state index in [9.17, 15) is 34.2 Å². The van der Waals surface area contributed by atoms with Crippen molar-refractivity contribution >= 4 is 29.5 Å². The zero-order valence-corrected chi connectivity index (χ0v) is 23.0. The molecule has 1 fully saturated rings. The van der Waals surface area contributed by atoms with Crippen LogP contribution in [0.15, 0.2) is 35.4 Å². The second kappa shape index (κ2) is 12.4. The maximum absolute atomic E-state index is 13.5. The van der Waals surface area contributed by atoms with Crippen LogP contribution >= 0.6 is 0 Å². The number of phenolic OH excluding ortho intramolecular Hbond substituents is 2. The van der Waals surface area contributed by atoms with Gasteiger partial charge in [0.25, 0.3) is 0 Å². The summed E-state index contributed by atoms with van der Waals surface area (Å²) in [5.74, 6) is -4.70. The minimum atomic E-state index is -1.45. The number of allylic oxidation sites excluding steroid dienone is 2. The lowest BCUT2D eigenvalue weighted by atomic mass is 9.85. The summed E-state index contributed by atoms with van der Waals surface area (Å²) in [5, 5.41) is 20.5. The average molecular weight is 561 g/mol. The normalized spacial score (nSPS) is 24.8. The van der Waals surface area contributed by atoms with Gasteiger partial charge in [-0.2, -0.15) is 0 Å². The summed E-state index contributed by atoms with van der Waals surface area (Å²) in [6, 6.07) is 2.20. The molecule has 0 amide bonds. The quantitative estimate of drug-likeness (QED) is 0.206. The molecule has 1 saturated heterocycles. The minimum Gasteiger partial charge on any atom is -0.507 e. The first kappa shape index (κ1) is 30.5. The van der Waals surface area contributed by atoms with Crippen molar-refractivity contribution in [3.8, 4) is 11.5 Å². The van der Waals surface area contributed by atoms with Crippen LogP contribution in [0.2, 0.25) is 0 Å². The monoisotopic (exact) mass is 560 g/mol. The van der Waals surface area contributed by atoms with Crippen LogP contribution in [0.3, 0.4) is 0 Å². The van der Waals surface area contributed by atoms with Crippen LogP contribution < -0.4 is 0 Å². The van der Waals surface area contributed by atoms with Crippen molar-refractivity contribution in [2.75, 3.05) is 0 Å². The summed E-state index contributed by atoms with van der Waals surface area (Å²) in [7, 11) is 0. The number of esters is 3. The van der Waals surface area contributed by atoms with Gasteiger partial charge in [-0.3, -0.25) is 24.0 Å². The Hall–Kier alpha value is -4.03. The van der Waals surface area contributed by atoms with E-state index in [1.54, 1.807) is 19.9 Å². The van der Waals surface area contributed by atoms with E-state index in [1.165, 1.54) is 6.92 Å². The Labute approximate surface area is 230 Å². The van der Waals surface area contributed by atoms with Crippen LogP contribution in [0.1, 0.15) is 68.7 Å². The van der Waals surface area contributed by atoms with E-state index < -0.39 is 77.8 Å². The molecule has 216 valence electrons. The Balaban J connectivity index is 2.07. The number of phenols is 2. The highest BCUT2D eigenvalue weighted by Crippen LogP contribution is 2.38. The van der Waals surface area contributed by atoms with E-state index in [1.807, 2.05) is 0 Å². The van der Waals surface area contributed by atoms with Crippen molar-refractivity contribution < 1.29 is 57.9 Å². The van der Waals surface area contributed by atoms with Gasteiger partial charge in [0.15, 0.2) is 36.2 Å². The van der Waals surface area contributed by atoms with Gasteiger partial charge in [0.1, 0.15) is 11.5 Å². The fourth-order valence-electron chi connectivity index (χ4n) is 4.56. The molecule has 1 aliphatic heterocycles. The Morgan fingerprint density at radius 3 is 1.95 bits per heavy atom. The lowest BCUT2D eigenvalue weighted by Crippen LogP contribution is -2.61. The Morgan fingerprint density at radius 1 is 0.875 bits per heavy atom. The third-order valence-electron chi connectivity index (χ3n) is 6.20. The summed E-state index contributed by atoms with van der Waals surface area (Å²) in [4.78, 5) is 62.3. The van der Waals surface area contributed by atoms with Crippen molar-refractivity contribution in [3.63, 3.8) is 0 Å². The first-order chi connectivity index (χ1) is 18.7. The van der Waals surface area contributed by atoms with E-state index >= 15 is 0 Å². The highest BCUT2D eigenvalue weighted by molar-refractivity contribution is 6.27. The molecule has 1 aromatic rings. The zero-order valence-electron chi connectivity index (χ0n) is 23.0. The van der Waals surface area contributed by atoms with Crippen molar-refractivity contribution in [1.82, 2.24) is 0 Å². The number of ketones is 2. The number of hydrogen-bond acceptors (Lipinski definition) is 12. The number of fused-ring (bicyclic) bond motifs is 1. The topological polar surface area (TPSA) is 172 Å². The average Bonchev–Trinajstić information content (AvgIpc) is 2.84. The zero-order chi connectivity index (χ0) is 29.9. The van der Waals surface area contributed by atoms with Crippen LogP contribution in [0.25, 0.3) is 0 Å². The van der Waals surface area contributed by atoms with Crippen LogP contribution in [0.5, 0.6) is 11.5 Å². The molecule has 1 heterocycles. The first-order valence-corrected chi connectivity index (χ1v) is 12.5. The van der Waals surface area contributed by atoms with E-state index in [-0.39, 0.29) is 23.1 Å². The molecule has 2 N–H and O–H groups in total. The standard InChI is InChI=1S/C28H32O12/c1-12(2)7-10-21(17-11-20(34)22-18(32)8-9-19(33)23(22)24(17)35)40-28-27(39-16(6)31)26(38-15(5)30)25(13(3)36-28)37-14(4)29/h7-9,11,13,21,25-28,32-33H,10H2,1-6H3/t13-,21+,25-,26+,27+,28+/m0/s1. The number of carbonyl (C=O) groups is 5. The number of aromatic hydroxyl groups is 2. The summed E-state index contributed by atoms with van der Waals surface area (Å²) in [6.07, 6.45) is -4.69. The van der Waals surface area contributed by atoms with Gasteiger partial charge in [-0.05, 0) is 45.4 Å². The molecular formula is C28H32O12. The molecule has 0 spiro atoms. The fraction of sp³-hybridized carbons (Fsp3) is 0.464. The minimum absolute atomic E-state index is 0.0503. The maximum Gasteiger partial charge on any atom is 0.303 e. The van der Waals surface area contributed by atoms with E-state index in [2.05, 4.69) is 0 Å². The van der Waals surface area contributed by atoms with Gasteiger partial charge < -0.3 is 33.9 Å². The third kappa shape index (κ3) is 6.75. The molecule has 3 rings (SSSR count).